The maximum absolute atomic E-state index is 13.0. The van der Waals surface area contributed by atoms with E-state index in [-0.39, 0.29) is 0 Å². The van der Waals surface area contributed by atoms with E-state index in [0.29, 0.717) is 45.6 Å². The van der Waals surface area contributed by atoms with Crippen LogP contribution in [0.3, 0.4) is 0 Å². The van der Waals surface area contributed by atoms with Gasteiger partial charge in [0.1, 0.15) is 17.0 Å². The molecule has 0 saturated heterocycles. The number of nitrogens with zero attached hydrogens (tertiary/aromatic N) is 5. The molecule has 2 heterocycles. The smallest absolute Gasteiger partial charge is 0.310 e. The van der Waals surface area contributed by atoms with Gasteiger partial charge >= 0.3 is 10.2 Å². The molecule has 5 nitrogen and oxygen atoms in total. The second kappa shape index (κ2) is 6.80. The summed E-state index contributed by atoms with van der Waals surface area (Å²) in [7, 11) is -7.95. The van der Waals surface area contributed by atoms with Gasteiger partial charge in [0, 0.05) is 23.1 Å². The highest BCUT2D eigenvalue weighted by Gasteiger charge is 2.65. The molecule has 0 fully saturated rings. The van der Waals surface area contributed by atoms with E-state index in [0.717, 1.165) is 23.0 Å². The lowest BCUT2D eigenvalue weighted by atomic mass is 10.0. The van der Waals surface area contributed by atoms with Gasteiger partial charge in [-0.15, -0.1) is 10.2 Å². The van der Waals surface area contributed by atoms with Crippen LogP contribution in [0.4, 0.5) is 30.9 Å². The van der Waals surface area contributed by atoms with E-state index >= 15 is 0 Å². The van der Waals surface area contributed by atoms with Crippen molar-refractivity contribution in [3.63, 3.8) is 0 Å². The molecule has 5 aromatic rings. The van der Waals surface area contributed by atoms with Gasteiger partial charge in [-0.2, -0.15) is 4.98 Å². The minimum atomic E-state index is -9.73. The monoisotopic (exact) mass is 511 g/mol. The summed E-state index contributed by atoms with van der Waals surface area (Å²) in [6.45, 7) is 0. The molecule has 0 spiro atoms. The van der Waals surface area contributed by atoms with E-state index in [9.17, 15) is 19.4 Å². The highest BCUT2D eigenvalue weighted by atomic mass is 35.5. The SMILES string of the molecule is CN(c1cccc(-c2ccc(S(F)(F)(F)(F)F)cc2)c1)c1nc2nncn2c2cc(Cl)ccc12. The van der Waals surface area contributed by atoms with Crippen LogP contribution in [0.15, 0.2) is 78.0 Å². The molecule has 0 bridgehead atoms. The van der Waals surface area contributed by atoms with Crippen LogP contribution in [0.5, 0.6) is 0 Å². The quantitative estimate of drug-likeness (QED) is 0.229. The molecule has 0 aliphatic carbocycles. The van der Waals surface area contributed by atoms with Crippen molar-refractivity contribution in [1.82, 2.24) is 19.6 Å². The van der Waals surface area contributed by atoms with Crippen LogP contribution >= 0.6 is 21.8 Å². The average Bonchev–Trinajstić information content (AvgIpc) is 3.26. The molecule has 0 N–H and O–H groups in total. The summed E-state index contributed by atoms with van der Waals surface area (Å²) in [5, 5.41) is 9.22. The molecule has 12 heteroatoms. The fourth-order valence-electron chi connectivity index (χ4n) is 3.70. The zero-order chi connectivity index (χ0) is 24.4. The molecule has 5 rings (SSSR count). The first-order chi connectivity index (χ1) is 15.8. The Morgan fingerprint density at radius 3 is 2.32 bits per heavy atom. The lowest BCUT2D eigenvalue weighted by molar-refractivity contribution is 0.364. The molecule has 0 unspecified atom stereocenters. The van der Waals surface area contributed by atoms with Crippen LogP contribution in [-0.4, -0.2) is 26.6 Å². The lowest BCUT2D eigenvalue weighted by Gasteiger charge is -2.40. The van der Waals surface area contributed by atoms with Crippen molar-refractivity contribution in [2.24, 2.45) is 0 Å². The van der Waals surface area contributed by atoms with E-state index in [2.05, 4.69) is 15.2 Å². The zero-order valence-electron chi connectivity index (χ0n) is 17.3. The van der Waals surface area contributed by atoms with E-state index in [1.807, 2.05) is 6.07 Å². The Hall–Kier alpha value is -3.44. The number of hydrogen-bond donors (Lipinski definition) is 0. The summed E-state index contributed by atoms with van der Waals surface area (Å²) in [5.41, 5.74) is 2.32. The maximum atomic E-state index is 13.0. The fourth-order valence-corrected chi connectivity index (χ4v) is 4.52. The molecule has 0 atom stereocenters. The van der Waals surface area contributed by atoms with Crippen LogP contribution in [0, 0.1) is 0 Å². The minimum Gasteiger partial charge on any atom is -0.329 e. The van der Waals surface area contributed by atoms with Gasteiger partial charge in [-0.1, -0.05) is 55.3 Å². The Kier molecular flexibility index (Phi) is 4.47. The van der Waals surface area contributed by atoms with Crippen molar-refractivity contribution in [1.29, 1.82) is 0 Å². The topological polar surface area (TPSA) is 46.3 Å². The number of halogens is 6. The van der Waals surface area contributed by atoms with Gasteiger partial charge < -0.3 is 4.90 Å². The summed E-state index contributed by atoms with van der Waals surface area (Å²) in [4.78, 5) is 4.46. The van der Waals surface area contributed by atoms with Crippen molar-refractivity contribution in [2.75, 3.05) is 11.9 Å². The highest BCUT2D eigenvalue weighted by molar-refractivity contribution is 8.45. The number of rotatable bonds is 4. The Morgan fingerprint density at radius 1 is 0.882 bits per heavy atom. The molecular formula is C22H15ClF5N5S. The number of aromatic nitrogens is 4. The molecule has 34 heavy (non-hydrogen) atoms. The predicted molar refractivity (Wildman–Crippen MR) is 125 cm³/mol. The van der Waals surface area contributed by atoms with Crippen LogP contribution in [0.2, 0.25) is 5.02 Å². The molecule has 3 aromatic carbocycles. The van der Waals surface area contributed by atoms with Gasteiger partial charge in [0.15, 0.2) is 0 Å². The lowest BCUT2D eigenvalue weighted by Crippen LogP contribution is -2.13. The first-order valence-electron chi connectivity index (χ1n) is 9.77. The summed E-state index contributed by atoms with van der Waals surface area (Å²) in [6.07, 6.45) is 1.53. The summed E-state index contributed by atoms with van der Waals surface area (Å²) < 4.78 is 66.9. The number of fused-ring (bicyclic) bond motifs is 3. The zero-order valence-corrected chi connectivity index (χ0v) is 18.9. The van der Waals surface area contributed by atoms with Crippen LogP contribution in [0.1, 0.15) is 0 Å². The van der Waals surface area contributed by atoms with Gasteiger partial charge in [-0.3, -0.25) is 4.40 Å². The van der Waals surface area contributed by atoms with Crippen molar-refractivity contribution in [2.45, 2.75) is 4.90 Å². The summed E-state index contributed by atoms with van der Waals surface area (Å²) in [6, 6.07) is 15.1. The third-order valence-electron chi connectivity index (χ3n) is 5.38. The standard InChI is InChI=1S/C22H15ClF5N5S/c1-32(21-19-10-7-16(23)12-20(19)33-13-29-31-22(33)30-21)17-4-2-3-15(11-17)14-5-8-18(9-6-14)34(24,25,26,27)28/h2-13H,1H3. The first kappa shape index (κ1) is 22.4. The normalized spacial score (nSPS) is 14.2. The first-order valence-corrected chi connectivity index (χ1v) is 12.1. The maximum Gasteiger partial charge on any atom is 0.310 e. The molecular weight excluding hydrogens is 497 g/mol. The van der Waals surface area contributed by atoms with E-state index in [1.54, 1.807) is 52.7 Å². The van der Waals surface area contributed by atoms with Gasteiger partial charge in [-0.05, 0) is 53.6 Å². The highest BCUT2D eigenvalue weighted by Crippen LogP contribution is 3.02. The van der Waals surface area contributed by atoms with E-state index < -0.39 is 15.1 Å². The number of benzene rings is 3. The third kappa shape index (κ3) is 4.01. The van der Waals surface area contributed by atoms with Gasteiger partial charge in [0.2, 0.25) is 0 Å². The van der Waals surface area contributed by atoms with Crippen LogP contribution in [0.25, 0.3) is 27.8 Å². The molecule has 0 amide bonds. The van der Waals surface area contributed by atoms with Gasteiger partial charge in [0.25, 0.3) is 5.78 Å². The van der Waals surface area contributed by atoms with E-state index in [1.165, 1.54) is 6.33 Å². The van der Waals surface area contributed by atoms with Crippen molar-refractivity contribution in [3.05, 3.63) is 78.1 Å². The van der Waals surface area contributed by atoms with Gasteiger partial charge in [-0.25, -0.2) is 0 Å². The molecule has 2 aromatic heterocycles. The minimum absolute atomic E-state index is 0.360. The van der Waals surface area contributed by atoms with Crippen LogP contribution in [-0.2, 0) is 0 Å². The molecule has 0 radical (unpaired) electrons. The number of anilines is 2. The molecule has 0 aliphatic rings. The summed E-state index contributed by atoms with van der Waals surface area (Å²) >= 11 is 6.18. The number of hydrogen-bond acceptors (Lipinski definition) is 4. The molecule has 0 aliphatic heterocycles. The Morgan fingerprint density at radius 2 is 1.62 bits per heavy atom. The third-order valence-corrected chi connectivity index (χ3v) is 6.78. The van der Waals surface area contributed by atoms with Crippen molar-refractivity contribution >= 4 is 50.0 Å². The Bertz CT molecular complexity index is 1570. The predicted octanol–water partition coefficient (Wildman–Crippen LogP) is 8.02. The second-order valence-electron chi connectivity index (χ2n) is 7.70. The largest absolute Gasteiger partial charge is 0.329 e. The Balaban J connectivity index is 1.57. The van der Waals surface area contributed by atoms with Crippen LogP contribution < -0.4 is 4.90 Å². The molecule has 176 valence electrons. The second-order valence-corrected chi connectivity index (χ2v) is 10.5. The Labute approximate surface area is 195 Å². The average molecular weight is 512 g/mol. The fraction of sp³-hybridized carbons (Fsp3) is 0.0455. The molecule has 0 saturated carbocycles. The van der Waals surface area contributed by atoms with E-state index in [4.69, 9.17) is 11.6 Å². The van der Waals surface area contributed by atoms with Crippen molar-refractivity contribution < 1.29 is 19.4 Å². The van der Waals surface area contributed by atoms with Crippen molar-refractivity contribution in [3.8, 4) is 11.1 Å². The summed E-state index contributed by atoms with van der Waals surface area (Å²) in [5.74, 6) is 0.917. The van der Waals surface area contributed by atoms with Gasteiger partial charge in [0.05, 0.1) is 5.52 Å².